The molecule has 2 rings (SSSR count). The molecule has 0 aliphatic carbocycles. The van der Waals surface area contributed by atoms with Crippen LogP contribution in [0.4, 0.5) is 5.69 Å². The lowest BCUT2D eigenvalue weighted by Crippen LogP contribution is -2.49. The van der Waals surface area contributed by atoms with Gasteiger partial charge in [-0.05, 0) is 38.1 Å². The van der Waals surface area contributed by atoms with Gasteiger partial charge in [-0.1, -0.05) is 11.6 Å². The number of carbonyl (C=O) groups is 1. The van der Waals surface area contributed by atoms with Gasteiger partial charge in [-0.3, -0.25) is 4.79 Å². The van der Waals surface area contributed by atoms with E-state index < -0.39 is 0 Å². The summed E-state index contributed by atoms with van der Waals surface area (Å²) < 4.78 is 0. The first kappa shape index (κ1) is 18.4. The molecule has 2 N–H and O–H groups in total. The second kappa shape index (κ2) is 9.37. The van der Waals surface area contributed by atoms with Gasteiger partial charge < -0.3 is 20.4 Å². The van der Waals surface area contributed by atoms with Gasteiger partial charge in [0.05, 0.1) is 0 Å². The van der Waals surface area contributed by atoms with Gasteiger partial charge in [0.15, 0.2) is 5.96 Å². The summed E-state index contributed by atoms with van der Waals surface area (Å²) in [6, 6.07) is 7.82. The van der Waals surface area contributed by atoms with Crippen LogP contribution in [0.2, 0.25) is 5.02 Å². The maximum atomic E-state index is 12.3. The maximum Gasteiger partial charge on any atom is 0.244 e. The molecule has 6 nitrogen and oxygen atoms in total. The zero-order chi connectivity index (χ0) is 17.4. The number of anilines is 1. The van der Waals surface area contributed by atoms with Crippen molar-refractivity contribution in [2.75, 3.05) is 50.7 Å². The molecule has 132 valence electrons. The molecular formula is C17H26ClN5O. The number of rotatable bonds is 5. The van der Waals surface area contributed by atoms with Gasteiger partial charge in [0.1, 0.15) is 6.54 Å². The van der Waals surface area contributed by atoms with E-state index in [4.69, 9.17) is 11.6 Å². The standard InChI is InChI=1S/C17H26ClN5O/c1-3-19-17(20-4-2)21-13-16(24)23-11-9-22(10-12-23)15-7-5-14(18)6-8-15/h5-8H,3-4,9-13H2,1-2H3,(H2,19,20,21). The molecule has 1 heterocycles. The van der Waals surface area contributed by atoms with E-state index in [1.54, 1.807) is 0 Å². The Labute approximate surface area is 148 Å². The highest BCUT2D eigenvalue weighted by molar-refractivity contribution is 6.30. The second-order valence-corrected chi connectivity index (χ2v) is 6.01. The summed E-state index contributed by atoms with van der Waals surface area (Å²) in [5, 5.41) is 6.99. The minimum absolute atomic E-state index is 0.0686. The zero-order valence-corrected chi connectivity index (χ0v) is 15.1. The van der Waals surface area contributed by atoms with Crippen LogP contribution in [-0.4, -0.2) is 62.6 Å². The molecule has 1 fully saturated rings. The van der Waals surface area contributed by atoms with E-state index in [2.05, 4.69) is 20.5 Å². The van der Waals surface area contributed by atoms with Gasteiger partial charge in [0, 0.05) is 50.0 Å². The predicted molar refractivity (Wildman–Crippen MR) is 99.9 cm³/mol. The van der Waals surface area contributed by atoms with Crippen molar-refractivity contribution in [3.63, 3.8) is 0 Å². The van der Waals surface area contributed by atoms with Crippen molar-refractivity contribution >= 4 is 29.2 Å². The van der Waals surface area contributed by atoms with E-state index in [-0.39, 0.29) is 12.5 Å². The molecule has 1 amide bonds. The number of nitrogens with zero attached hydrogens (tertiary/aromatic N) is 3. The lowest BCUT2D eigenvalue weighted by molar-refractivity contribution is -0.129. The van der Waals surface area contributed by atoms with Gasteiger partial charge >= 0.3 is 0 Å². The van der Waals surface area contributed by atoms with Crippen LogP contribution in [0.3, 0.4) is 0 Å². The van der Waals surface area contributed by atoms with E-state index in [9.17, 15) is 4.79 Å². The normalized spacial score (nSPS) is 14.3. The Kier molecular flexibility index (Phi) is 7.18. The molecule has 0 spiro atoms. The van der Waals surface area contributed by atoms with Crippen molar-refractivity contribution in [2.45, 2.75) is 13.8 Å². The quantitative estimate of drug-likeness (QED) is 0.624. The van der Waals surface area contributed by atoms with Gasteiger partial charge in [-0.25, -0.2) is 4.99 Å². The first-order valence-electron chi connectivity index (χ1n) is 8.44. The minimum atomic E-state index is 0.0686. The molecule has 0 bridgehead atoms. The number of aliphatic imine (C=N–C) groups is 1. The Bertz CT molecular complexity index is 545. The molecule has 1 aliphatic heterocycles. The summed E-state index contributed by atoms with van der Waals surface area (Å²) in [6.07, 6.45) is 0. The van der Waals surface area contributed by atoms with Crippen LogP contribution in [0.1, 0.15) is 13.8 Å². The van der Waals surface area contributed by atoms with Crippen LogP contribution >= 0.6 is 11.6 Å². The smallest absolute Gasteiger partial charge is 0.244 e. The fourth-order valence-electron chi connectivity index (χ4n) is 2.62. The van der Waals surface area contributed by atoms with Gasteiger partial charge in [-0.15, -0.1) is 0 Å². The summed E-state index contributed by atoms with van der Waals surface area (Å²) in [7, 11) is 0. The third kappa shape index (κ3) is 5.30. The van der Waals surface area contributed by atoms with E-state index >= 15 is 0 Å². The third-order valence-corrected chi connectivity index (χ3v) is 4.14. The van der Waals surface area contributed by atoms with Gasteiger partial charge in [-0.2, -0.15) is 0 Å². The number of guanidine groups is 1. The number of nitrogens with one attached hydrogen (secondary N) is 2. The fourth-order valence-corrected chi connectivity index (χ4v) is 2.75. The van der Waals surface area contributed by atoms with Crippen molar-refractivity contribution in [2.24, 2.45) is 4.99 Å². The number of amides is 1. The van der Waals surface area contributed by atoms with Crippen molar-refractivity contribution in [1.82, 2.24) is 15.5 Å². The Morgan fingerprint density at radius 1 is 1.08 bits per heavy atom. The summed E-state index contributed by atoms with van der Waals surface area (Å²) in [5.41, 5.74) is 1.14. The summed E-state index contributed by atoms with van der Waals surface area (Å²) in [4.78, 5) is 20.8. The maximum absolute atomic E-state index is 12.3. The van der Waals surface area contributed by atoms with Gasteiger partial charge in [0.2, 0.25) is 5.91 Å². The van der Waals surface area contributed by atoms with Crippen LogP contribution in [0.5, 0.6) is 0 Å². The molecule has 24 heavy (non-hydrogen) atoms. The molecule has 0 unspecified atom stereocenters. The van der Waals surface area contributed by atoms with Crippen molar-refractivity contribution < 1.29 is 4.79 Å². The molecule has 7 heteroatoms. The Balaban J connectivity index is 1.83. The zero-order valence-electron chi connectivity index (χ0n) is 14.4. The van der Waals surface area contributed by atoms with E-state index in [1.165, 1.54) is 0 Å². The van der Waals surface area contributed by atoms with Crippen LogP contribution in [0.25, 0.3) is 0 Å². The van der Waals surface area contributed by atoms with E-state index in [1.807, 2.05) is 43.0 Å². The molecule has 0 saturated carbocycles. The van der Waals surface area contributed by atoms with E-state index in [0.29, 0.717) is 19.0 Å². The molecule has 1 aromatic carbocycles. The lowest BCUT2D eigenvalue weighted by Gasteiger charge is -2.36. The number of hydrogen-bond donors (Lipinski definition) is 2. The highest BCUT2D eigenvalue weighted by atomic mass is 35.5. The van der Waals surface area contributed by atoms with Crippen LogP contribution in [-0.2, 0) is 4.79 Å². The highest BCUT2D eigenvalue weighted by Gasteiger charge is 2.21. The van der Waals surface area contributed by atoms with E-state index in [0.717, 1.165) is 36.9 Å². The molecule has 0 atom stereocenters. The van der Waals surface area contributed by atoms with Crippen LogP contribution in [0, 0.1) is 0 Å². The topological polar surface area (TPSA) is 60.0 Å². The Hall–Kier alpha value is -1.95. The van der Waals surface area contributed by atoms with Crippen molar-refractivity contribution in [3.8, 4) is 0 Å². The Morgan fingerprint density at radius 2 is 1.67 bits per heavy atom. The largest absolute Gasteiger partial charge is 0.368 e. The minimum Gasteiger partial charge on any atom is -0.368 e. The summed E-state index contributed by atoms with van der Waals surface area (Å²) in [6.45, 7) is 8.82. The highest BCUT2D eigenvalue weighted by Crippen LogP contribution is 2.19. The first-order valence-corrected chi connectivity index (χ1v) is 8.82. The summed E-state index contributed by atoms with van der Waals surface area (Å²) >= 11 is 5.93. The average Bonchev–Trinajstić information content (AvgIpc) is 2.60. The second-order valence-electron chi connectivity index (χ2n) is 5.57. The number of hydrogen-bond acceptors (Lipinski definition) is 3. The van der Waals surface area contributed by atoms with Crippen LogP contribution < -0.4 is 15.5 Å². The lowest BCUT2D eigenvalue weighted by atomic mass is 10.2. The molecule has 1 aromatic rings. The van der Waals surface area contributed by atoms with Crippen molar-refractivity contribution in [3.05, 3.63) is 29.3 Å². The van der Waals surface area contributed by atoms with Crippen molar-refractivity contribution in [1.29, 1.82) is 0 Å². The number of piperazine rings is 1. The molecular weight excluding hydrogens is 326 g/mol. The number of halogens is 1. The number of carbonyl (C=O) groups excluding carboxylic acids is 1. The molecule has 1 saturated heterocycles. The monoisotopic (exact) mass is 351 g/mol. The Morgan fingerprint density at radius 3 is 2.21 bits per heavy atom. The SMILES string of the molecule is CCNC(=NCC(=O)N1CCN(c2ccc(Cl)cc2)CC1)NCC. The average molecular weight is 352 g/mol. The van der Waals surface area contributed by atoms with Gasteiger partial charge in [0.25, 0.3) is 0 Å². The molecule has 1 aliphatic rings. The molecule has 0 aromatic heterocycles. The van der Waals surface area contributed by atoms with Crippen LogP contribution in [0.15, 0.2) is 29.3 Å². The first-order chi connectivity index (χ1) is 11.6. The molecule has 0 radical (unpaired) electrons. The number of benzene rings is 1. The summed E-state index contributed by atoms with van der Waals surface area (Å²) in [5.74, 6) is 0.757. The third-order valence-electron chi connectivity index (χ3n) is 3.89. The fraction of sp³-hybridized carbons (Fsp3) is 0.529. The predicted octanol–water partition coefficient (Wildman–Crippen LogP) is 1.56.